The van der Waals surface area contributed by atoms with Gasteiger partial charge in [-0.25, -0.2) is 9.86 Å². The van der Waals surface area contributed by atoms with Crippen molar-refractivity contribution in [3.63, 3.8) is 0 Å². The third-order valence-electron chi connectivity index (χ3n) is 4.35. The molecule has 26 heavy (non-hydrogen) atoms. The maximum atomic E-state index is 11.9. The molecule has 0 heterocycles. The van der Waals surface area contributed by atoms with Crippen molar-refractivity contribution >= 4 is 12.5 Å². The van der Waals surface area contributed by atoms with E-state index in [-0.39, 0.29) is 12.6 Å². The first-order valence-corrected chi connectivity index (χ1v) is 9.24. The molecule has 144 valence electrons. The Morgan fingerprint density at radius 1 is 1.27 bits per heavy atom. The lowest BCUT2D eigenvalue weighted by Crippen LogP contribution is -2.44. The van der Waals surface area contributed by atoms with E-state index in [1.165, 1.54) is 5.06 Å². The largest absolute Gasteiger partial charge is 0.445 e. The molecular weight excluding hydrogens is 332 g/mol. The van der Waals surface area contributed by atoms with Gasteiger partial charge in [-0.1, -0.05) is 36.8 Å². The Morgan fingerprint density at radius 2 is 2.00 bits per heavy atom. The quantitative estimate of drug-likeness (QED) is 0.594. The first-order valence-electron chi connectivity index (χ1n) is 9.24. The van der Waals surface area contributed by atoms with Gasteiger partial charge in [-0.2, -0.15) is 0 Å². The second kappa shape index (κ2) is 9.57. The van der Waals surface area contributed by atoms with Crippen molar-refractivity contribution in [1.82, 2.24) is 10.4 Å². The topological polar surface area (TPSA) is 67.9 Å². The zero-order chi connectivity index (χ0) is 19.0. The number of alkyl carbamates (subject to hydrolysis) is 1. The normalized spacial score (nSPS) is 20.3. The second-order valence-electron chi connectivity index (χ2n) is 7.80. The van der Waals surface area contributed by atoms with Crippen LogP contribution in [0.25, 0.3) is 0 Å². The van der Waals surface area contributed by atoms with Gasteiger partial charge in [-0.05, 0) is 51.5 Å². The monoisotopic (exact) mass is 362 g/mol. The zero-order valence-corrected chi connectivity index (χ0v) is 15.9. The van der Waals surface area contributed by atoms with Crippen LogP contribution in [-0.2, 0) is 21.0 Å². The number of carbonyl (C=O) groups is 2. The van der Waals surface area contributed by atoms with Crippen LogP contribution < -0.4 is 5.32 Å². The van der Waals surface area contributed by atoms with E-state index in [1.807, 2.05) is 51.1 Å². The van der Waals surface area contributed by atoms with Crippen LogP contribution in [0.1, 0.15) is 52.0 Å². The fourth-order valence-electron chi connectivity index (χ4n) is 3.18. The molecule has 1 fully saturated rings. The minimum atomic E-state index is -0.409. The van der Waals surface area contributed by atoms with Crippen LogP contribution in [-0.4, -0.2) is 35.8 Å². The Bertz CT molecular complexity index is 571. The zero-order valence-electron chi connectivity index (χ0n) is 15.9. The smallest absolute Gasteiger partial charge is 0.407 e. The highest BCUT2D eigenvalue weighted by Crippen LogP contribution is 2.28. The molecule has 6 heteroatoms. The van der Waals surface area contributed by atoms with Gasteiger partial charge in [0, 0.05) is 6.54 Å². The summed E-state index contributed by atoms with van der Waals surface area (Å²) in [4.78, 5) is 29.0. The summed E-state index contributed by atoms with van der Waals surface area (Å²) >= 11 is 0. The summed E-state index contributed by atoms with van der Waals surface area (Å²) in [6, 6.07) is 9.64. The van der Waals surface area contributed by atoms with E-state index in [9.17, 15) is 9.59 Å². The van der Waals surface area contributed by atoms with E-state index >= 15 is 0 Å². The molecule has 1 aliphatic carbocycles. The number of hydrogen-bond donors (Lipinski definition) is 1. The molecule has 0 aliphatic heterocycles. The first kappa shape index (κ1) is 20.2. The van der Waals surface area contributed by atoms with Crippen molar-refractivity contribution < 1.29 is 19.2 Å². The summed E-state index contributed by atoms with van der Waals surface area (Å²) in [6.45, 7) is 6.58. The van der Waals surface area contributed by atoms with Crippen molar-refractivity contribution in [2.24, 2.45) is 5.92 Å². The number of nitrogens with zero attached hydrogens (tertiary/aromatic N) is 1. The number of amides is 2. The SMILES string of the molecule is CC(C)(C)ON(C=O)C1CCCC(CNC(=O)OCc2ccccc2)C1. The molecule has 2 atom stereocenters. The van der Waals surface area contributed by atoms with E-state index in [0.29, 0.717) is 12.5 Å². The Hall–Kier alpha value is -2.08. The minimum absolute atomic E-state index is 0.0487. The van der Waals surface area contributed by atoms with E-state index < -0.39 is 11.7 Å². The summed E-state index contributed by atoms with van der Waals surface area (Å²) < 4.78 is 5.24. The van der Waals surface area contributed by atoms with Crippen molar-refractivity contribution in [2.75, 3.05) is 6.54 Å². The van der Waals surface area contributed by atoms with Crippen LogP contribution in [0.5, 0.6) is 0 Å². The molecule has 6 nitrogen and oxygen atoms in total. The number of rotatable bonds is 7. The molecule has 1 aliphatic rings. The highest BCUT2D eigenvalue weighted by Gasteiger charge is 2.29. The minimum Gasteiger partial charge on any atom is -0.445 e. The highest BCUT2D eigenvalue weighted by atomic mass is 16.7. The van der Waals surface area contributed by atoms with E-state index in [0.717, 1.165) is 37.7 Å². The van der Waals surface area contributed by atoms with Crippen molar-refractivity contribution in [3.8, 4) is 0 Å². The molecule has 0 saturated heterocycles. The molecule has 2 amide bonds. The van der Waals surface area contributed by atoms with Gasteiger partial charge in [-0.3, -0.25) is 9.63 Å². The molecule has 1 aromatic rings. The lowest BCUT2D eigenvalue weighted by atomic mass is 9.85. The Morgan fingerprint density at radius 3 is 2.65 bits per heavy atom. The van der Waals surface area contributed by atoms with Crippen molar-refractivity contribution in [2.45, 2.75) is 64.7 Å². The van der Waals surface area contributed by atoms with Gasteiger partial charge in [0.1, 0.15) is 6.61 Å². The average Bonchev–Trinajstić information content (AvgIpc) is 2.63. The summed E-state index contributed by atoms with van der Waals surface area (Å²) in [5.41, 5.74) is 0.550. The molecule has 0 spiro atoms. The molecule has 1 N–H and O–H groups in total. The van der Waals surface area contributed by atoms with Gasteiger partial charge in [0.05, 0.1) is 11.6 Å². The lowest BCUT2D eigenvalue weighted by molar-refractivity contribution is -0.236. The van der Waals surface area contributed by atoms with E-state index in [4.69, 9.17) is 9.57 Å². The Balaban J connectivity index is 1.75. The number of hydroxylamine groups is 2. The predicted octanol–water partition coefficient (Wildman–Crippen LogP) is 3.66. The van der Waals surface area contributed by atoms with E-state index in [1.54, 1.807) is 0 Å². The average molecular weight is 362 g/mol. The van der Waals surface area contributed by atoms with Gasteiger partial charge < -0.3 is 10.1 Å². The third kappa shape index (κ3) is 7.04. The van der Waals surface area contributed by atoms with Crippen LogP contribution in [0.15, 0.2) is 30.3 Å². The molecule has 2 rings (SSSR count). The van der Waals surface area contributed by atoms with Gasteiger partial charge in [-0.15, -0.1) is 0 Å². The number of nitrogens with one attached hydrogen (secondary N) is 1. The Kier molecular flexibility index (Phi) is 7.45. The summed E-state index contributed by atoms with van der Waals surface area (Å²) in [6.07, 6.45) is 4.12. The number of hydrogen-bond acceptors (Lipinski definition) is 4. The number of ether oxygens (including phenoxy) is 1. The van der Waals surface area contributed by atoms with Crippen LogP contribution >= 0.6 is 0 Å². The molecule has 0 bridgehead atoms. The fraction of sp³-hybridized carbons (Fsp3) is 0.600. The summed E-state index contributed by atoms with van der Waals surface area (Å²) in [5, 5.41) is 4.28. The summed E-state index contributed by atoms with van der Waals surface area (Å²) in [5.74, 6) is 0.309. The maximum Gasteiger partial charge on any atom is 0.407 e. The van der Waals surface area contributed by atoms with Crippen LogP contribution in [0.4, 0.5) is 4.79 Å². The molecule has 1 aromatic carbocycles. The third-order valence-corrected chi connectivity index (χ3v) is 4.35. The molecular formula is C20H30N2O4. The van der Waals surface area contributed by atoms with E-state index in [2.05, 4.69) is 5.32 Å². The fourth-order valence-corrected chi connectivity index (χ4v) is 3.18. The predicted molar refractivity (Wildman–Crippen MR) is 99.1 cm³/mol. The standard InChI is InChI=1S/C20H30N2O4/c1-20(2,3)26-22(15-23)18-11-7-10-17(12-18)13-21-19(24)25-14-16-8-5-4-6-9-16/h4-6,8-9,15,17-18H,7,10-14H2,1-3H3,(H,21,24). The van der Waals surface area contributed by atoms with Gasteiger partial charge in [0.2, 0.25) is 6.41 Å². The van der Waals surface area contributed by atoms with Crippen LogP contribution in [0, 0.1) is 5.92 Å². The molecule has 0 radical (unpaired) electrons. The van der Waals surface area contributed by atoms with Gasteiger partial charge in [0.25, 0.3) is 0 Å². The molecule has 1 saturated carbocycles. The molecule has 0 aromatic heterocycles. The highest BCUT2D eigenvalue weighted by molar-refractivity contribution is 5.67. The van der Waals surface area contributed by atoms with Crippen molar-refractivity contribution in [3.05, 3.63) is 35.9 Å². The Labute approximate surface area is 155 Å². The van der Waals surface area contributed by atoms with Gasteiger partial charge >= 0.3 is 6.09 Å². The van der Waals surface area contributed by atoms with Crippen molar-refractivity contribution in [1.29, 1.82) is 0 Å². The van der Waals surface area contributed by atoms with Gasteiger partial charge in [0.15, 0.2) is 0 Å². The van der Waals surface area contributed by atoms with Crippen LogP contribution in [0.2, 0.25) is 0 Å². The maximum absolute atomic E-state index is 11.9. The summed E-state index contributed by atoms with van der Waals surface area (Å²) in [7, 11) is 0. The van der Waals surface area contributed by atoms with Crippen LogP contribution in [0.3, 0.4) is 0 Å². The molecule has 2 unspecified atom stereocenters. The number of benzene rings is 1. The first-order chi connectivity index (χ1) is 12.4. The lowest BCUT2D eigenvalue weighted by Gasteiger charge is -2.37. The number of carbonyl (C=O) groups excluding carboxylic acids is 2. The second-order valence-corrected chi connectivity index (χ2v) is 7.80.